The molecule has 0 aliphatic heterocycles. The molecule has 0 aliphatic carbocycles. The van der Waals surface area contributed by atoms with Gasteiger partial charge in [0.05, 0.1) is 17.1 Å². The third-order valence-electron chi connectivity index (χ3n) is 4.09. The summed E-state index contributed by atoms with van der Waals surface area (Å²) < 4.78 is 3.21. The van der Waals surface area contributed by atoms with Crippen LogP contribution in [0.25, 0.3) is 23.5 Å². The Hall–Kier alpha value is -4.00. The number of carbonyl (C=O) groups is 1. The third-order valence-corrected chi connectivity index (χ3v) is 4.09. The molecule has 1 aromatic carbocycles. The number of rotatable bonds is 4. The molecule has 0 bridgehead atoms. The number of anilines is 1. The van der Waals surface area contributed by atoms with Crippen molar-refractivity contribution in [3.63, 3.8) is 0 Å². The van der Waals surface area contributed by atoms with Gasteiger partial charge in [-0.15, -0.1) is 0 Å². The molecule has 7 heteroatoms. The minimum absolute atomic E-state index is 0.133. The summed E-state index contributed by atoms with van der Waals surface area (Å²) >= 11 is 0. The van der Waals surface area contributed by atoms with Gasteiger partial charge in [0.25, 0.3) is 5.56 Å². The highest BCUT2D eigenvalue weighted by atomic mass is 16.1. The number of hydrogen-bond donors (Lipinski definition) is 1. The first kappa shape index (κ1) is 17.4. The van der Waals surface area contributed by atoms with Crippen LogP contribution in [0.3, 0.4) is 0 Å². The highest BCUT2D eigenvalue weighted by Crippen LogP contribution is 2.14. The number of aromatic nitrogens is 4. The molecule has 4 aromatic rings. The summed E-state index contributed by atoms with van der Waals surface area (Å²) in [4.78, 5) is 32.6. The minimum Gasteiger partial charge on any atom is -0.326 e. The lowest BCUT2D eigenvalue weighted by Crippen LogP contribution is -2.20. The monoisotopic (exact) mass is 371 g/mol. The maximum atomic E-state index is 12.7. The predicted molar refractivity (Wildman–Crippen MR) is 108 cm³/mol. The molecular weight excluding hydrogens is 354 g/mol. The van der Waals surface area contributed by atoms with Crippen molar-refractivity contribution < 1.29 is 4.79 Å². The Bertz CT molecular complexity index is 1220. The Balaban J connectivity index is 1.68. The van der Waals surface area contributed by atoms with Crippen LogP contribution in [0.2, 0.25) is 0 Å². The van der Waals surface area contributed by atoms with E-state index in [4.69, 9.17) is 0 Å². The average molecular weight is 371 g/mol. The van der Waals surface area contributed by atoms with Gasteiger partial charge < -0.3 is 5.32 Å². The Morgan fingerprint density at radius 3 is 2.54 bits per heavy atom. The van der Waals surface area contributed by atoms with E-state index in [0.29, 0.717) is 17.0 Å². The Morgan fingerprint density at radius 2 is 1.82 bits per heavy atom. The average Bonchev–Trinajstić information content (AvgIpc) is 3.12. The smallest absolute Gasteiger partial charge is 0.273 e. The standard InChI is InChI=1S/C21H17N5O2/c1-15(27)23-17-7-9-19(10-8-17)25-13-11-20-24-18(14-21(28)26(20)25)6-5-16-4-2-3-12-22-16/h2-14H,1H3,(H,23,27)/b6-5+. The number of nitrogens with one attached hydrogen (secondary N) is 1. The van der Waals surface area contributed by atoms with E-state index in [0.717, 1.165) is 11.4 Å². The Morgan fingerprint density at radius 1 is 1.04 bits per heavy atom. The lowest BCUT2D eigenvalue weighted by molar-refractivity contribution is -0.114. The molecular formula is C21H17N5O2. The fourth-order valence-corrected chi connectivity index (χ4v) is 2.87. The molecule has 0 spiro atoms. The molecule has 28 heavy (non-hydrogen) atoms. The van der Waals surface area contributed by atoms with E-state index in [1.165, 1.54) is 17.5 Å². The van der Waals surface area contributed by atoms with E-state index in [2.05, 4.69) is 15.3 Å². The molecule has 3 heterocycles. The van der Waals surface area contributed by atoms with Crippen molar-refractivity contribution in [1.29, 1.82) is 0 Å². The third kappa shape index (κ3) is 3.59. The summed E-state index contributed by atoms with van der Waals surface area (Å²) in [5, 5.41) is 2.72. The van der Waals surface area contributed by atoms with Crippen LogP contribution in [0, 0.1) is 0 Å². The highest BCUT2D eigenvalue weighted by Gasteiger charge is 2.07. The number of amides is 1. The number of hydrogen-bond acceptors (Lipinski definition) is 4. The molecule has 138 valence electrons. The topological polar surface area (TPSA) is 81.3 Å². The van der Waals surface area contributed by atoms with Gasteiger partial charge in [0.2, 0.25) is 5.91 Å². The lowest BCUT2D eigenvalue weighted by Gasteiger charge is -2.08. The number of fused-ring (bicyclic) bond motifs is 1. The Kier molecular flexibility index (Phi) is 4.55. The molecule has 7 nitrogen and oxygen atoms in total. The molecule has 3 aromatic heterocycles. The van der Waals surface area contributed by atoms with E-state index in [1.54, 1.807) is 41.4 Å². The van der Waals surface area contributed by atoms with Crippen LogP contribution in [-0.2, 0) is 4.79 Å². The molecule has 0 fully saturated rings. The van der Waals surface area contributed by atoms with Crippen LogP contribution in [0.15, 0.2) is 71.8 Å². The van der Waals surface area contributed by atoms with Crippen molar-refractivity contribution in [3.8, 4) is 5.69 Å². The van der Waals surface area contributed by atoms with Gasteiger partial charge in [0.15, 0.2) is 5.65 Å². The summed E-state index contributed by atoms with van der Waals surface area (Å²) in [5.41, 5.74) is 3.18. The van der Waals surface area contributed by atoms with E-state index in [-0.39, 0.29) is 11.5 Å². The second-order valence-electron chi connectivity index (χ2n) is 6.17. The largest absolute Gasteiger partial charge is 0.326 e. The number of nitrogens with zero attached hydrogens (tertiary/aromatic N) is 4. The van der Waals surface area contributed by atoms with Crippen LogP contribution in [-0.4, -0.2) is 25.1 Å². The summed E-state index contributed by atoms with van der Waals surface area (Å²) in [6, 6.07) is 16.1. The van der Waals surface area contributed by atoms with Gasteiger partial charge in [-0.1, -0.05) is 6.07 Å². The van der Waals surface area contributed by atoms with Crippen molar-refractivity contribution in [2.45, 2.75) is 6.92 Å². The molecule has 0 atom stereocenters. The van der Waals surface area contributed by atoms with Crippen molar-refractivity contribution in [2.24, 2.45) is 0 Å². The van der Waals surface area contributed by atoms with Crippen molar-refractivity contribution in [3.05, 3.63) is 88.7 Å². The van der Waals surface area contributed by atoms with Crippen LogP contribution in [0.4, 0.5) is 5.69 Å². The quantitative estimate of drug-likeness (QED) is 0.598. The van der Waals surface area contributed by atoms with Crippen LogP contribution < -0.4 is 10.9 Å². The van der Waals surface area contributed by atoms with Gasteiger partial charge in [0, 0.05) is 37.1 Å². The first-order valence-corrected chi connectivity index (χ1v) is 8.69. The van der Waals surface area contributed by atoms with E-state index in [1.807, 2.05) is 36.4 Å². The fraction of sp³-hybridized carbons (Fsp3) is 0.0476. The van der Waals surface area contributed by atoms with Crippen LogP contribution in [0.5, 0.6) is 0 Å². The molecule has 0 saturated heterocycles. The molecule has 0 radical (unpaired) electrons. The van der Waals surface area contributed by atoms with Crippen molar-refractivity contribution in [2.75, 3.05) is 5.32 Å². The molecule has 0 saturated carbocycles. The SMILES string of the molecule is CC(=O)Nc1ccc(-n2ccc3nc(/C=C/c4ccccn4)cc(=O)n32)cc1. The van der Waals surface area contributed by atoms with Gasteiger partial charge >= 0.3 is 0 Å². The predicted octanol–water partition coefficient (Wildman–Crippen LogP) is 3.01. The maximum absolute atomic E-state index is 12.7. The van der Waals surface area contributed by atoms with E-state index < -0.39 is 0 Å². The molecule has 0 aliphatic rings. The zero-order chi connectivity index (χ0) is 19.5. The number of benzene rings is 1. The Labute approximate surface area is 160 Å². The summed E-state index contributed by atoms with van der Waals surface area (Å²) in [5.74, 6) is -0.133. The van der Waals surface area contributed by atoms with Crippen molar-refractivity contribution >= 4 is 29.4 Å². The minimum atomic E-state index is -0.193. The molecule has 0 unspecified atom stereocenters. The summed E-state index contributed by atoms with van der Waals surface area (Å²) in [6.45, 7) is 1.46. The van der Waals surface area contributed by atoms with Gasteiger partial charge in [-0.3, -0.25) is 19.3 Å². The molecule has 1 N–H and O–H groups in total. The fourth-order valence-electron chi connectivity index (χ4n) is 2.87. The summed E-state index contributed by atoms with van der Waals surface area (Å²) in [6.07, 6.45) is 7.07. The normalized spacial score (nSPS) is 11.2. The summed E-state index contributed by atoms with van der Waals surface area (Å²) in [7, 11) is 0. The van der Waals surface area contributed by atoms with E-state index >= 15 is 0 Å². The van der Waals surface area contributed by atoms with E-state index in [9.17, 15) is 9.59 Å². The first-order valence-electron chi connectivity index (χ1n) is 8.69. The van der Waals surface area contributed by atoms with Crippen LogP contribution >= 0.6 is 0 Å². The second-order valence-corrected chi connectivity index (χ2v) is 6.17. The highest BCUT2D eigenvalue weighted by molar-refractivity contribution is 5.88. The van der Waals surface area contributed by atoms with Gasteiger partial charge in [0.1, 0.15) is 0 Å². The second kappa shape index (κ2) is 7.32. The van der Waals surface area contributed by atoms with Gasteiger partial charge in [-0.05, 0) is 48.6 Å². The zero-order valence-electron chi connectivity index (χ0n) is 15.1. The number of carbonyl (C=O) groups excluding carboxylic acids is 1. The van der Waals surface area contributed by atoms with Crippen LogP contribution in [0.1, 0.15) is 18.3 Å². The molecule has 4 rings (SSSR count). The van der Waals surface area contributed by atoms with Gasteiger partial charge in [-0.2, -0.15) is 4.52 Å². The van der Waals surface area contributed by atoms with Crippen molar-refractivity contribution in [1.82, 2.24) is 19.2 Å². The molecule has 1 amide bonds. The van der Waals surface area contributed by atoms with Gasteiger partial charge in [-0.25, -0.2) is 4.98 Å². The maximum Gasteiger partial charge on any atom is 0.273 e. The first-order chi connectivity index (χ1) is 13.6. The number of pyridine rings is 1. The lowest BCUT2D eigenvalue weighted by atomic mass is 10.3. The zero-order valence-corrected chi connectivity index (χ0v) is 15.1.